The van der Waals surface area contributed by atoms with E-state index in [0.29, 0.717) is 0 Å². The van der Waals surface area contributed by atoms with Gasteiger partial charge in [-0.3, -0.25) is 0 Å². The second kappa shape index (κ2) is 6.91. The molecule has 124 valence electrons. The van der Waals surface area contributed by atoms with Gasteiger partial charge in [-0.15, -0.1) is 0 Å². The number of hydrogen-bond donors (Lipinski definition) is 3. The van der Waals surface area contributed by atoms with Crippen molar-refractivity contribution in [2.24, 2.45) is 5.73 Å². The molecule has 0 saturated carbocycles. The van der Waals surface area contributed by atoms with Gasteiger partial charge in [-0.2, -0.15) is 13.2 Å². The van der Waals surface area contributed by atoms with Crippen LogP contribution >= 0.6 is 0 Å². The number of hydrogen-bond acceptors (Lipinski definition) is 2. The number of carbonyl (C=O) groups excluding carboxylic acids is 1. The van der Waals surface area contributed by atoms with Crippen molar-refractivity contribution >= 4 is 17.7 Å². The highest BCUT2D eigenvalue weighted by Gasteiger charge is 2.38. The first-order chi connectivity index (χ1) is 9.80. The molecule has 0 aliphatic heterocycles. The fourth-order valence-corrected chi connectivity index (χ4v) is 0.838. The number of alkyl halides is 3. The molecule has 0 radical (unpaired) electrons. The van der Waals surface area contributed by atoms with Crippen LogP contribution in [-0.4, -0.2) is 23.3 Å². The van der Waals surface area contributed by atoms with E-state index in [9.17, 15) is 39.9 Å². The molecule has 0 aliphatic carbocycles. The maximum atomic E-state index is 12.8. The lowest BCUT2D eigenvalue weighted by molar-refractivity contribution is -0.192. The average Bonchev–Trinajstić information content (AvgIpc) is 2.38. The smallest absolute Gasteiger partial charge is 0.475 e. The third-order valence-electron chi connectivity index (χ3n) is 1.70. The Kier molecular flexibility index (Phi) is 6.09. The van der Waals surface area contributed by atoms with Crippen LogP contribution in [0.4, 0.5) is 45.6 Å². The zero-order chi connectivity index (χ0) is 17.8. The Morgan fingerprint density at radius 1 is 0.864 bits per heavy atom. The van der Waals surface area contributed by atoms with Crippen LogP contribution in [0, 0.1) is 29.1 Å². The van der Waals surface area contributed by atoms with Crippen LogP contribution in [-0.2, 0) is 4.79 Å². The largest absolute Gasteiger partial charge is 0.490 e. The Bertz CT molecular complexity index is 572. The lowest BCUT2D eigenvalue weighted by Gasteiger charge is -2.07. The van der Waals surface area contributed by atoms with Crippen molar-refractivity contribution in [1.82, 2.24) is 0 Å². The Hall–Kier alpha value is -2.60. The highest BCUT2D eigenvalue weighted by atomic mass is 19.4. The van der Waals surface area contributed by atoms with Gasteiger partial charge in [-0.05, 0) is 0 Å². The SMILES string of the molecule is NC(=O)Nc1c(F)c(F)c(F)c(F)c1F.O=C(O)C(F)(F)F. The summed E-state index contributed by atoms with van der Waals surface area (Å²) in [7, 11) is 0. The first kappa shape index (κ1) is 19.4. The monoisotopic (exact) mass is 340 g/mol. The number of primary amides is 1. The number of amides is 2. The maximum absolute atomic E-state index is 12.8. The highest BCUT2D eigenvalue weighted by molar-refractivity contribution is 5.88. The number of carbonyl (C=O) groups is 2. The molecule has 0 atom stereocenters. The minimum absolute atomic E-state index is 1.29. The molecule has 0 spiro atoms. The van der Waals surface area contributed by atoms with E-state index in [4.69, 9.17) is 9.90 Å². The topological polar surface area (TPSA) is 92.4 Å². The van der Waals surface area contributed by atoms with Gasteiger partial charge in [0.1, 0.15) is 5.69 Å². The molecule has 0 aliphatic rings. The van der Waals surface area contributed by atoms with E-state index in [2.05, 4.69) is 5.73 Å². The molecular formula is C9H4F8N2O3. The third kappa shape index (κ3) is 4.75. The van der Waals surface area contributed by atoms with Gasteiger partial charge in [0, 0.05) is 0 Å². The Morgan fingerprint density at radius 2 is 1.14 bits per heavy atom. The van der Waals surface area contributed by atoms with Gasteiger partial charge in [0.2, 0.25) is 5.82 Å². The standard InChI is InChI=1S/C7H3F5N2O.C2HF3O2/c8-1-2(9)4(11)6(14-7(13)15)5(12)3(1)10;3-2(4,5)1(6)7/h(H3,13,14,15);(H,6,7). The molecule has 5 nitrogen and oxygen atoms in total. The van der Waals surface area contributed by atoms with Crippen molar-refractivity contribution in [3.05, 3.63) is 29.1 Å². The van der Waals surface area contributed by atoms with Gasteiger partial charge in [0.05, 0.1) is 0 Å². The Labute approximate surface area is 115 Å². The second-order valence-electron chi connectivity index (χ2n) is 3.24. The fraction of sp³-hybridized carbons (Fsp3) is 0.111. The summed E-state index contributed by atoms with van der Waals surface area (Å²) in [4.78, 5) is 19.1. The van der Waals surface area contributed by atoms with Crippen molar-refractivity contribution in [2.45, 2.75) is 6.18 Å². The Balaban J connectivity index is 0.000000534. The summed E-state index contributed by atoms with van der Waals surface area (Å²) in [5.74, 6) is -13.7. The molecular weight excluding hydrogens is 336 g/mol. The van der Waals surface area contributed by atoms with Crippen LogP contribution in [0.5, 0.6) is 0 Å². The van der Waals surface area contributed by atoms with Crippen molar-refractivity contribution in [3.63, 3.8) is 0 Å². The summed E-state index contributed by atoms with van der Waals surface area (Å²) in [6, 6.07) is -1.45. The van der Waals surface area contributed by atoms with Crippen molar-refractivity contribution in [1.29, 1.82) is 0 Å². The molecule has 22 heavy (non-hydrogen) atoms. The number of carboxylic acids is 1. The minimum atomic E-state index is -5.08. The van der Waals surface area contributed by atoms with Gasteiger partial charge in [-0.25, -0.2) is 31.5 Å². The van der Waals surface area contributed by atoms with Crippen LogP contribution in [0.1, 0.15) is 0 Å². The molecule has 0 fully saturated rings. The molecule has 0 saturated heterocycles. The van der Waals surface area contributed by atoms with Crippen molar-refractivity contribution < 1.29 is 49.8 Å². The number of anilines is 1. The number of aliphatic carboxylic acids is 1. The molecule has 4 N–H and O–H groups in total. The normalized spacial score (nSPS) is 10.5. The Morgan fingerprint density at radius 3 is 1.36 bits per heavy atom. The van der Waals surface area contributed by atoms with E-state index in [1.165, 1.54) is 5.32 Å². The van der Waals surface area contributed by atoms with E-state index in [1.54, 1.807) is 0 Å². The van der Waals surface area contributed by atoms with Gasteiger partial charge in [-0.1, -0.05) is 0 Å². The summed E-state index contributed by atoms with van der Waals surface area (Å²) in [5.41, 5.74) is 3.01. The second-order valence-corrected chi connectivity index (χ2v) is 3.24. The molecule has 2 amide bonds. The number of rotatable bonds is 1. The lowest BCUT2D eigenvalue weighted by atomic mass is 10.2. The van der Waals surface area contributed by atoms with Crippen LogP contribution in [0.15, 0.2) is 0 Å². The number of benzene rings is 1. The zero-order valence-corrected chi connectivity index (χ0v) is 9.86. The van der Waals surface area contributed by atoms with E-state index in [-0.39, 0.29) is 0 Å². The van der Waals surface area contributed by atoms with Crippen molar-refractivity contribution in [2.75, 3.05) is 5.32 Å². The first-order valence-corrected chi connectivity index (χ1v) is 4.68. The first-order valence-electron chi connectivity index (χ1n) is 4.68. The van der Waals surface area contributed by atoms with E-state index >= 15 is 0 Å². The number of halogens is 8. The molecule has 0 heterocycles. The minimum Gasteiger partial charge on any atom is -0.475 e. The van der Waals surface area contributed by atoms with Crippen LogP contribution < -0.4 is 11.1 Å². The lowest BCUT2D eigenvalue weighted by Crippen LogP contribution is -2.22. The molecule has 13 heteroatoms. The quantitative estimate of drug-likeness (QED) is 0.417. The van der Waals surface area contributed by atoms with Crippen LogP contribution in [0.25, 0.3) is 0 Å². The molecule has 0 aromatic heterocycles. The predicted octanol–water partition coefficient (Wildman–Crippen LogP) is 2.51. The highest BCUT2D eigenvalue weighted by Crippen LogP contribution is 2.26. The summed E-state index contributed by atoms with van der Waals surface area (Å²) in [6.07, 6.45) is -5.08. The summed E-state index contributed by atoms with van der Waals surface area (Å²) in [6.45, 7) is 0. The van der Waals surface area contributed by atoms with Crippen molar-refractivity contribution in [3.8, 4) is 0 Å². The van der Waals surface area contributed by atoms with Gasteiger partial charge in [0.25, 0.3) is 0 Å². The number of urea groups is 1. The van der Waals surface area contributed by atoms with E-state index in [0.717, 1.165) is 0 Å². The number of carboxylic acid groups (broad SMARTS) is 1. The van der Waals surface area contributed by atoms with E-state index in [1.807, 2.05) is 0 Å². The molecule has 0 unspecified atom stereocenters. The molecule has 1 aromatic rings. The van der Waals surface area contributed by atoms with Gasteiger partial charge < -0.3 is 16.2 Å². The average molecular weight is 340 g/mol. The fourth-order valence-electron chi connectivity index (χ4n) is 0.838. The van der Waals surface area contributed by atoms with Gasteiger partial charge >= 0.3 is 18.2 Å². The third-order valence-corrected chi connectivity index (χ3v) is 1.70. The van der Waals surface area contributed by atoms with Crippen LogP contribution in [0.3, 0.4) is 0 Å². The number of nitrogens with two attached hydrogens (primary N) is 1. The van der Waals surface area contributed by atoms with Gasteiger partial charge in [0.15, 0.2) is 23.3 Å². The summed E-state index contributed by atoms with van der Waals surface area (Å²) >= 11 is 0. The molecule has 0 bridgehead atoms. The summed E-state index contributed by atoms with van der Waals surface area (Å²) < 4.78 is 94.7. The molecule has 1 aromatic carbocycles. The maximum Gasteiger partial charge on any atom is 0.490 e. The zero-order valence-electron chi connectivity index (χ0n) is 9.86. The predicted molar refractivity (Wildman–Crippen MR) is 53.1 cm³/mol. The number of nitrogens with one attached hydrogen (secondary N) is 1. The summed E-state index contributed by atoms with van der Waals surface area (Å²) in [5, 5.41) is 8.42. The molecule has 1 rings (SSSR count). The van der Waals surface area contributed by atoms with E-state index < -0.39 is 53.0 Å². The van der Waals surface area contributed by atoms with Crippen LogP contribution in [0.2, 0.25) is 0 Å².